The number of unbranched alkanes of at least 4 members (excludes halogenated alkanes) is 14. The second-order valence-corrected chi connectivity index (χ2v) is 11.5. The van der Waals surface area contributed by atoms with E-state index in [1.54, 1.807) is 24.9 Å². The van der Waals surface area contributed by atoms with Gasteiger partial charge in [-0.05, 0) is 25.3 Å². The first-order chi connectivity index (χ1) is 18.0. The van der Waals surface area contributed by atoms with Crippen LogP contribution in [0, 0.1) is 6.92 Å². The summed E-state index contributed by atoms with van der Waals surface area (Å²) < 4.78 is 0. The first-order valence-electron chi connectivity index (χ1n) is 15.0. The predicted octanol–water partition coefficient (Wildman–Crippen LogP) is 8.64. The molecule has 1 heterocycles. The molecule has 5 nitrogen and oxygen atoms in total. The molecule has 6 heteroatoms. The fourth-order valence-corrected chi connectivity index (χ4v) is 5.55. The summed E-state index contributed by atoms with van der Waals surface area (Å²) in [6.45, 7) is 7.94. The molecule has 212 valence electrons. The highest BCUT2D eigenvalue weighted by molar-refractivity contribution is 7.98. The molecule has 1 aromatic rings. The Kier molecular flexibility index (Phi) is 20.3. The quantitative estimate of drug-likeness (QED) is 0.106. The third-order valence-corrected chi connectivity index (χ3v) is 8.12. The Balaban J connectivity index is 2.42. The maximum atomic E-state index is 13.1. The van der Waals surface area contributed by atoms with Crippen molar-refractivity contribution in [3.8, 4) is 5.75 Å². The van der Waals surface area contributed by atoms with Crippen LogP contribution in [0.15, 0.2) is 6.20 Å². The molecule has 1 aromatic heterocycles. The molecule has 37 heavy (non-hydrogen) atoms. The number of amides is 1. The third kappa shape index (κ3) is 15.4. The molecule has 0 aromatic carbocycles. The van der Waals surface area contributed by atoms with Crippen LogP contribution in [-0.4, -0.2) is 46.0 Å². The van der Waals surface area contributed by atoms with E-state index in [9.17, 15) is 14.7 Å². The van der Waals surface area contributed by atoms with Crippen LogP contribution in [0.25, 0.3) is 0 Å². The SMILES string of the molecule is CCCCCCCCCCN(CCCCCCCCCC)C(=O)CCSCc1cnc(C)c(O)c1C=O. The number of aldehydes is 1. The number of carbonyl (C=O) groups excluding carboxylic acids is 2. The molecular formula is C31H54N2O3S. The molecule has 0 radical (unpaired) electrons. The second kappa shape index (κ2) is 22.4. The van der Waals surface area contributed by atoms with Crippen molar-refractivity contribution >= 4 is 24.0 Å². The molecule has 1 rings (SSSR count). The smallest absolute Gasteiger partial charge is 0.223 e. The van der Waals surface area contributed by atoms with E-state index in [1.807, 2.05) is 0 Å². The van der Waals surface area contributed by atoms with Gasteiger partial charge in [-0.2, -0.15) is 11.8 Å². The summed E-state index contributed by atoms with van der Waals surface area (Å²) in [4.78, 5) is 30.7. The molecular weight excluding hydrogens is 480 g/mol. The Labute approximate surface area is 231 Å². The summed E-state index contributed by atoms with van der Waals surface area (Å²) in [6, 6.07) is 0. The number of pyridine rings is 1. The second-order valence-electron chi connectivity index (χ2n) is 10.4. The summed E-state index contributed by atoms with van der Waals surface area (Å²) in [7, 11) is 0. The maximum Gasteiger partial charge on any atom is 0.223 e. The van der Waals surface area contributed by atoms with Crippen LogP contribution in [-0.2, 0) is 10.5 Å². The molecule has 0 aliphatic carbocycles. The van der Waals surface area contributed by atoms with Crippen LogP contribution in [0.4, 0.5) is 0 Å². The number of rotatable bonds is 24. The highest BCUT2D eigenvalue weighted by Crippen LogP contribution is 2.25. The first-order valence-corrected chi connectivity index (χ1v) is 16.2. The minimum absolute atomic E-state index is 0.0360. The molecule has 0 spiro atoms. The van der Waals surface area contributed by atoms with Gasteiger partial charge in [0.2, 0.25) is 5.91 Å². The van der Waals surface area contributed by atoms with Crippen LogP contribution in [0.5, 0.6) is 5.75 Å². The zero-order valence-corrected chi connectivity index (χ0v) is 24.9. The van der Waals surface area contributed by atoms with Gasteiger partial charge >= 0.3 is 0 Å². The predicted molar refractivity (Wildman–Crippen MR) is 159 cm³/mol. The van der Waals surface area contributed by atoms with Crippen molar-refractivity contribution in [1.29, 1.82) is 0 Å². The van der Waals surface area contributed by atoms with Crippen LogP contribution < -0.4 is 0 Å². The number of carbonyl (C=O) groups is 2. The molecule has 0 bridgehead atoms. The van der Waals surface area contributed by atoms with Crippen LogP contribution in [0.1, 0.15) is 145 Å². The van der Waals surface area contributed by atoms with Crippen LogP contribution in [0.2, 0.25) is 0 Å². The van der Waals surface area contributed by atoms with Gasteiger partial charge in [0.25, 0.3) is 0 Å². The Hall–Kier alpha value is -1.56. The van der Waals surface area contributed by atoms with E-state index < -0.39 is 0 Å². The number of thioether (sulfide) groups is 1. The van der Waals surface area contributed by atoms with E-state index in [-0.39, 0.29) is 11.7 Å². The monoisotopic (exact) mass is 534 g/mol. The number of hydrogen-bond donors (Lipinski definition) is 1. The van der Waals surface area contributed by atoms with Gasteiger partial charge in [0, 0.05) is 37.2 Å². The molecule has 0 fully saturated rings. The summed E-state index contributed by atoms with van der Waals surface area (Å²) in [5, 5.41) is 10.1. The number of aromatic hydroxyl groups is 1. The molecule has 0 saturated heterocycles. The van der Waals surface area contributed by atoms with E-state index in [2.05, 4.69) is 23.7 Å². The third-order valence-electron chi connectivity index (χ3n) is 7.11. The molecule has 1 N–H and O–H groups in total. The zero-order valence-electron chi connectivity index (χ0n) is 24.1. The Morgan fingerprint density at radius 1 is 0.865 bits per heavy atom. The van der Waals surface area contributed by atoms with Crippen molar-refractivity contribution in [1.82, 2.24) is 9.88 Å². The number of aromatic nitrogens is 1. The average molecular weight is 535 g/mol. The lowest BCUT2D eigenvalue weighted by Crippen LogP contribution is -2.33. The summed E-state index contributed by atoms with van der Waals surface area (Å²) in [5.74, 6) is 1.49. The average Bonchev–Trinajstić information content (AvgIpc) is 2.90. The molecule has 0 atom stereocenters. The van der Waals surface area contributed by atoms with Gasteiger partial charge < -0.3 is 10.0 Å². The Morgan fingerprint density at radius 3 is 1.84 bits per heavy atom. The summed E-state index contributed by atoms with van der Waals surface area (Å²) in [5.41, 5.74) is 1.51. The first kappa shape index (κ1) is 33.5. The van der Waals surface area contributed by atoms with Crippen molar-refractivity contribution in [3.05, 3.63) is 23.0 Å². The maximum absolute atomic E-state index is 13.1. The van der Waals surface area contributed by atoms with Gasteiger partial charge in [0.05, 0.1) is 11.3 Å². The van der Waals surface area contributed by atoms with E-state index in [0.717, 1.165) is 31.5 Å². The van der Waals surface area contributed by atoms with Gasteiger partial charge in [-0.1, -0.05) is 104 Å². The van der Waals surface area contributed by atoms with E-state index in [0.29, 0.717) is 35.5 Å². The lowest BCUT2D eigenvalue weighted by atomic mass is 10.1. The van der Waals surface area contributed by atoms with E-state index in [1.165, 1.54) is 89.9 Å². The fourth-order valence-electron chi connectivity index (χ4n) is 4.63. The fraction of sp³-hybridized carbons (Fsp3) is 0.774. The highest BCUT2D eigenvalue weighted by Gasteiger charge is 2.14. The largest absolute Gasteiger partial charge is 0.505 e. The van der Waals surface area contributed by atoms with Crippen molar-refractivity contribution in [2.24, 2.45) is 0 Å². The van der Waals surface area contributed by atoms with Crippen molar-refractivity contribution < 1.29 is 14.7 Å². The standard InChI is InChI=1S/C31H54N2O3S/c1-4-6-8-10-12-14-16-18-21-33(22-19-17-15-13-11-9-7-5-2)30(35)20-23-37-26-28-24-32-27(3)31(36)29(28)25-34/h24-25,36H,4-23,26H2,1-3H3. The molecule has 0 unspecified atom stereocenters. The van der Waals surface area contributed by atoms with Crippen molar-refractivity contribution in [3.63, 3.8) is 0 Å². The zero-order chi connectivity index (χ0) is 27.1. The van der Waals surface area contributed by atoms with Crippen LogP contribution in [0.3, 0.4) is 0 Å². The number of nitrogens with zero attached hydrogens (tertiary/aromatic N) is 2. The van der Waals surface area contributed by atoms with Gasteiger partial charge in [-0.25, -0.2) is 0 Å². The van der Waals surface area contributed by atoms with Gasteiger partial charge in [-0.15, -0.1) is 0 Å². The summed E-state index contributed by atoms with van der Waals surface area (Å²) in [6.07, 6.45) is 23.3. The lowest BCUT2D eigenvalue weighted by Gasteiger charge is -2.23. The number of aryl methyl sites for hydroxylation is 1. The van der Waals surface area contributed by atoms with Crippen molar-refractivity contribution in [2.45, 2.75) is 136 Å². The van der Waals surface area contributed by atoms with Crippen molar-refractivity contribution in [2.75, 3.05) is 18.8 Å². The number of hydrogen-bond acceptors (Lipinski definition) is 5. The molecule has 0 saturated carbocycles. The minimum Gasteiger partial charge on any atom is -0.505 e. The summed E-state index contributed by atoms with van der Waals surface area (Å²) >= 11 is 1.62. The van der Waals surface area contributed by atoms with E-state index >= 15 is 0 Å². The minimum atomic E-state index is -0.0360. The van der Waals surface area contributed by atoms with E-state index in [4.69, 9.17) is 0 Å². The lowest BCUT2D eigenvalue weighted by molar-refractivity contribution is -0.130. The van der Waals surface area contributed by atoms with Gasteiger partial charge in [0.1, 0.15) is 5.75 Å². The van der Waals surface area contributed by atoms with Crippen LogP contribution >= 0.6 is 11.8 Å². The highest BCUT2D eigenvalue weighted by atomic mass is 32.2. The molecule has 1 amide bonds. The molecule has 0 aliphatic rings. The van der Waals surface area contributed by atoms with Gasteiger partial charge in [-0.3, -0.25) is 14.6 Å². The van der Waals surface area contributed by atoms with Gasteiger partial charge in [0.15, 0.2) is 6.29 Å². The topological polar surface area (TPSA) is 70.5 Å². The Bertz CT molecular complexity index is 721. The Morgan fingerprint density at radius 2 is 1.35 bits per heavy atom. The normalized spacial score (nSPS) is 11.1. The molecule has 0 aliphatic heterocycles.